The SMILES string of the molecule is FC(F)(F)C(F)(F)C(F)(F)C(F)(F)C(F)(F)C(F)(F)C(F)(F)C(F)(F)F.O=C(Cl)Cl. The number of rotatable bonds is 5. The number of carbonyl (C=O) groups excluding carboxylic acids is 1. The predicted molar refractivity (Wildman–Crippen MR) is 58.9 cm³/mol. The lowest BCUT2D eigenvalue weighted by molar-refractivity contribution is -0.468. The zero-order chi connectivity index (χ0) is 25.6. The van der Waals surface area contributed by atoms with Crippen LogP contribution in [0.3, 0.4) is 0 Å². The molecule has 182 valence electrons. The smallest absolute Gasteiger partial charge is 0.262 e. The van der Waals surface area contributed by atoms with Gasteiger partial charge in [-0.2, -0.15) is 79.0 Å². The molecule has 0 amide bonds. The van der Waals surface area contributed by atoms with E-state index >= 15 is 0 Å². The largest absolute Gasteiger partial charge is 0.460 e. The van der Waals surface area contributed by atoms with Crippen LogP contribution in [0.2, 0.25) is 0 Å². The van der Waals surface area contributed by atoms with E-state index in [4.69, 9.17) is 4.79 Å². The van der Waals surface area contributed by atoms with Crippen molar-refractivity contribution in [2.75, 3.05) is 0 Å². The van der Waals surface area contributed by atoms with Crippen molar-refractivity contribution in [2.45, 2.75) is 47.9 Å². The molecule has 0 heterocycles. The van der Waals surface area contributed by atoms with Gasteiger partial charge in [0, 0.05) is 0 Å². The highest BCUT2D eigenvalue weighted by Gasteiger charge is 2.95. The fourth-order valence-corrected chi connectivity index (χ4v) is 1.14. The van der Waals surface area contributed by atoms with Crippen LogP contribution in [0.4, 0.5) is 83.8 Å². The van der Waals surface area contributed by atoms with Crippen molar-refractivity contribution < 1.29 is 83.8 Å². The summed E-state index contributed by atoms with van der Waals surface area (Å²) < 4.78 is 220. The molecule has 0 fully saturated rings. The summed E-state index contributed by atoms with van der Waals surface area (Å²) in [6.07, 6.45) is -15.6. The van der Waals surface area contributed by atoms with Crippen LogP contribution in [0, 0.1) is 0 Å². The van der Waals surface area contributed by atoms with Gasteiger partial charge in [0.1, 0.15) is 0 Å². The zero-order valence-electron chi connectivity index (χ0n) is 12.5. The summed E-state index contributed by atoms with van der Waals surface area (Å²) in [5.74, 6) is -51.0. The van der Waals surface area contributed by atoms with Crippen LogP contribution in [0.1, 0.15) is 0 Å². The molecule has 21 heteroatoms. The second kappa shape index (κ2) is 8.16. The van der Waals surface area contributed by atoms with Gasteiger partial charge < -0.3 is 0 Å². The average Bonchev–Trinajstić information content (AvgIpc) is 2.42. The van der Waals surface area contributed by atoms with E-state index in [-0.39, 0.29) is 0 Å². The van der Waals surface area contributed by atoms with Crippen LogP contribution in [-0.2, 0) is 0 Å². The van der Waals surface area contributed by atoms with Gasteiger partial charge in [0.05, 0.1) is 0 Å². The Morgan fingerprint density at radius 1 is 0.367 bits per heavy atom. The molecule has 0 N–H and O–H groups in total. The van der Waals surface area contributed by atoms with Crippen molar-refractivity contribution in [3.05, 3.63) is 0 Å². The number of hydrogen-bond acceptors (Lipinski definition) is 1. The maximum absolute atomic E-state index is 12.8. The molecule has 30 heavy (non-hydrogen) atoms. The topological polar surface area (TPSA) is 17.1 Å². The standard InChI is InChI=1S/C8F18.CCl2O/c9-1(10,3(13,14)5(17,18)7(21,22)23)2(11,12)4(15,16)6(19,20)8(24,25)26;2-1(3)4. The third-order valence-electron chi connectivity index (χ3n) is 2.68. The van der Waals surface area contributed by atoms with Crippen LogP contribution in [0.25, 0.3) is 0 Å². The van der Waals surface area contributed by atoms with Gasteiger partial charge >= 0.3 is 52.6 Å². The fraction of sp³-hybridized carbons (Fsp3) is 0.889. The van der Waals surface area contributed by atoms with Gasteiger partial charge in [-0.25, -0.2) is 0 Å². The molecule has 0 radical (unpaired) electrons. The maximum atomic E-state index is 12.8. The summed E-state index contributed by atoms with van der Waals surface area (Å²) >= 11 is 8.80. The van der Waals surface area contributed by atoms with Crippen LogP contribution < -0.4 is 0 Å². The van der Waals surface area contributed by atoms with E-state index in [0.717, 1.165) is 0 Å². The Hall–Kier alpha value is -1.01. The molecule has 0 aliphatic rings. The second-order valence-corrected chi connectivity index (χ2v) is 5.55. The third-order valence-corrected chi connectivity index (χ3v) is 2.68. The van der Waals surface area contributed by atoms with Gasteiger partial charge in [0.25, 0.3) is 0 Å². The second-order valence-electron chi connectivity index (χ2n) is 4.67. The Balaban J connectivity index is 0. The van der Waals surface area contributed by atoms with Crippen molar-refractivity contribution in [1.82, 2.24) is 0 Å². The molecule has 0 atom stereocenters. The normalized spacial score (nSPS) is 15.5. The molecule has 0 aromatic carbocycles. The molecule has 0 saturated carbocycles. The lowest BCUT2D eigenvalue weighted by atomic mass is 9.91. The van der Waals surface area contributed by atoms with Gasteiger partial charge in [0.2, 0.25) is 0 Å². The van der Waals surface area contributed by atoms with Gasteiger partial charge in [0.15, 0.2) is 0 Å². The molecule has 0 spiro atoms. The van der Waals surface area contributed by atoms with E-state index in [1.807, 2.05) is 0 Å². The van der Waals surface area contributed by atoms with E-state index in [2.05, 4.69) is 23.2 Å². The Bertz CT molecular complexity index is 564. The Morgan fingerprint density at radius 3 is 0.567 bits per heavy atom. The number of carbonyl (C=O) groups is 1. The van der Waals surface area contributed by atoms with Gasteiger partial charge in [-0.15, -0.1) is 0 Å². The molecule has 0 unspecified atom stereocenters. The molecule has 0 aromatic heterocycles. The van der Waals surface area contributed by atoms with E-state index in [0.29, 0.717) is 0 Å². The van der Waals surface area contributed by atoms with Crippen LogP contribution in [-0.4, -0.2) is 52.6 Å². The van der Waals surface area contributed by atoms with Crippen molar-refractivity contribution in [1.29, 1.82) is 0 Å². The van der Waals surface area contributed by atoms with Crippen LogP contribution in [0.15, 0.2) is 0 Å². The van der Waals surface area contributed by atoms with Crippen LogP contribution in [0.5, 0.6) is 0 Å². The monoisotopic (exact) mass is 536 g/mol. The third kappa shape index (κ3) is 4.74. The molecular formula is C9Cl2F18O. The van der Waals surface area contributed by atoms with Gasteiger partial charge in [-0.3, -0.25) is 4.79 Å². The molecule has 0 saturated heterocycles. The average molecular weight is 537 g/mol. The zero-order valence-corrected chi connectivity index (χ0v) is 14.0. The summed E-state index contributed by atoms with van der Waals surface area (Å²) in [7, 11) is 0. The number of alkyl halides is 18. The summed E-state index contributed by atoms with van der Waals surface area (Å²) in [5.41, 5.74) is 0. The molecule has 0 aromatic rings. The highest BCUT2D eigenvalue weighted by molar-refractivity contribution is 6.93. The number of halogens is 20. The molecular weight excluding hydrogens is 537 g/mol. The van der Waals surface area contributed by atoms with E-state index in [1.54, 1.807) is 0 Å². The van der Waals surface area contributed by atoms with Crippen molar-refractivity contribution in [2.24, 2.45) is 0 Å². The maximum Gasteiger partial charge on any atom is 0.460 e. The van der Waals surface area contributed by atoms with E-state index in [1.165, 1.54) is 0 Å². The van der Waals surface area contributed by atoms with Gasteiger partial charge in [-0.1, -0.05) is 0 Å². The van der Waals surface area contributed by atoms with E-state index < -0.39 is 52.6 Å². The minimum Gasteiger partial charge on any atom is -0.262 e. The summed E-state index contributed by atoms with van der Waals surface area (Å²) in [5, 5.41) is 0. The summed E-state index contributed by atoms with van der Waals surface area (Å²) in [6.45, 7) is 0. The first kappa shape index (κ1) is 31.2. The fourth-order valence-electron chi connectivity index (χ4n) is 1.14. The Labute approximate surface area is 160 Å². The summed E-state index contributed by atoms with van der Waals surface area (Å²) in [6, 6.07) is 0. The first-order valence-electron chi connectivity index (χ1n) is 5.73. The van der Waals surface area contributed by atoms with Crippen molar-refractivity contribution in [3.8, 4) is 0 Å². The minimum atomic E-state index is -8.72. The molecule has 0 aliphatic carbocycles. The van der Waals surface area contributed by atoms with Crippen LogP contribution >= 0.6 is 23.2 Å². The number of hydrogen-bond donors (Lipinski definition) is 0. The van der Waals surface area contributed by atoms with Gasteiger partial charge in [-0.05, 0) is 23.2 Å². The molecule has 0 bridgehead atoms. The molecule has 0 rings (SSSR count). The quantitative estimate of drug-likeness (QED) is 0.262. The minimum absolute atomic E-state index is 0.889. The highest BCUT2D eigenvalue weighted by Crippen LogP contribution is 2.63. The van der Waals surface area contributed by atoms with Crippen molar-refractivity contribution >= 4 is 27.9 Å². The summed E-state index contributed by atoms with van der Waals surface area (Å²) in [4.78, 5) is 8.98. The lowest BCUT2D eigenvalue weighted by Crippen LogP contribution is -2.74. The van der Waals surface area contributed by atoms with Crippen molar-refractivity contribution in [3.63, 3.8) is 0 Å². The molecule has 1 nitrogen and oxygen atoms in total. The highest BCUT2D eigenvalue weighted by atomic mass is 35.5. The Morgan fingerprint density at radius 2 is 0.467 bits per heavy atom. The molecule has 0 aliphatic heterocycles. The first-order chi connectivity index (χ1) is 12.5. The predicted octanol–water partition coefficient (Wildman–Crippen LogP) is 7.51. The first-order valence-corrected chi connectivity index (χ1v) is 6.49. The van der Waals surface area contributed by atoms with E-state index in [9.17, 15) is 79.0 Å². The Kier molecular flexibility index (Phi) is 8.48. The lowest BCUT2D eigenvalue weighted by Gasteiger charge is -2.41.